The fourth-order valence-electron chi connectivity index (χ4n) is 4.11. The Morgan fingerprint density at radius 2 is 1.66 bits per heavy atom. The van der Waals surface area contributed by atoms with Crippen LogP contribution in [0.5, 0.6) is 0 Å². The molecule has 0 unspecified atom stereocenters. The maximum atomic E-state index is 13.3. The van der Waals surface area contributed by atoms with Crippen molar-refractivity contribution < 1.29 is 22.8 Å². The normalized spacial score (nSPS) is 15.9. The summed E-state index contributed by atoms with van der Waals surface area (Å²) in [5, 5.41) is 2.96. The molecule has 188 valence electrons. The minimum atomic E-state index is -3.92. The van der Waals surface area contributed by atoms with E-state index in [0.717, 1.165) is 16.3 Å². The van der Waals surface area contributed by atoms with Crippen LogP contribution in [0, 0.1) is 0 Å². The van der Waals surface area contributed by atoms with E-state index in [2.05, 4.69) is 5.32 Å². The standard InChI is InChI=1S/C26H33N3O5S/c1-4-19(3)27-25(31)22(5-2)28(18-20-12-7-6-8-13-20)24(30)16-11-17-29-26(32)21-14-9-10-15-23(21)35(29,33)34/h6-10,12-15,19,22H,4-5,11,16-18H2,1-3H3,(H,27,31)/t19-,22+/m0/s1. The number of carbonyl (C=O) groups excluding carboxylic acids is 3. The van der Waals surface area contributed by atoms with Crippen LogP contribution in [0.4, 0.5) is 0 Å². The highest BCUT2D eigenvalue weighted by atomic mass is 32.2. The summed E-state index contributed by atoms with van der Waals surface area (Å²) in [4.78, 5) is 40.5. The number of carbonyl (C=O) groups is 3. The van der Waals surface area contributed by atoms with E-state index in [1.54, 1.807) is 17.0 Å². The van der Waals surface area contributed by atoms with Gasteiger partial charge in [0.1, 0.15) is 10.9 Å². The van der Waals surface area contributed by atoms with E-state index < -0.39 is 22.0 Å². The summed E-state index contributed by atoms with van der Waals surface area (Å²) in [6.45, 7) is 5.91. The molecule has 0 saturated carbocycles. The number of hydrogen-bond acceptors (Lipinski definition) is 5. The molecule has 0 spiro atoms. The van der Waals surface area contributed by atoms with Crippen LogP contribution in [0.1, 0.15) is 62.4 Å². The minimum Gasteiger partial charge on any atom is -0.352 e. The zero-order valence-corrected chi connectivity index (χ0v) is 21.3. The fraction of sp³-hybridized carbons (Fsp3) is 0.423. The quantitative estimate of drug-likeness (QED) is 0.511. The molecule has 0 bridgehead atoms. The minimum absolute atomic E-state index is 0.00482. The van der Waals surface area contributed by atoms with Crippen LogP contribution < -0.4 is 5.32 Å². The molecule has 2 atom stereocenters. The van der Waals surface area contributed by atoms with Crippen LogP contribution in [0.2, 0.25) is 0 Å². The predicted molar refractivity (Wildman–Crippen MR) is 133 cm³/mol. The lowest BCUT2D eigenvalue weighted by molar-refractivity contribution is -0.141. The molecule has 0 radical (unpaired) electrons. The SMILES string of the molecule is CC[C@H](C(=O)N[C@@H](C)CC)N(Cc1ccccc1)C(=O)CCCN1C(=O)c2ccccc2S1(=O)=O. The average molecular weight is 500 g/mol. The lowest BCUT2D eigenvalue weighted by atomic mass is 10.1. The number of rotatable bonds is 11. The van der Waals surface area contributed by atoms with E-state index in [9.17, 15) is 22.8 Å². The van der Waals surface area contributed by atoms with Crippen molar-refractivity contribution in [1.82, 2.24) is 14.5 Å². The fourth-order valence-corrected chi connectivity index (χ4v) is 5.72. The third-order valence-corrected chi connectivity index (χ3v) is 8.09. The van der Waals surface area contributed by atoms with E-state index in [1.807, 2.05) is 51.1 Å². The van der Waals surface area contributed by atoms with Crippen LogP contribution in [0.3, 0.4) is 0 Å². The molecule has 9 heteroatoms. The van der Waals surface area contributed by atoms with Gasteiger partial charge in [-0.25, -0.2) is 12.7 Å². The number of amides is 3. The van der Waals surface area contributed by atoms with Crippen molar-refractivity contribution in [2.24, 2.45) is 0 Å². The monoisotopic (exact) mass is 499 g/mol. The van der Waals surface area contributed by atoms with Crippen LogP contribution in [0.25, 0.3) is 0 Å². The van der Waals surface area contributed by atoms with Crippen LogP contribution >= 0.6 is 0 Å². The highest BCUT2D eigenvalue weighted by Gasteiger charge is 2.40. The van der Waals surface area contributed by atoms with Gasteiger partial charge in [0, 0.05) is 25.6 Å². The second kappa shape index (κ2) is 11.5. The average Bonchev–Trinajstić information content (AvgIpc) is 3.05. The van der Waals surface area contributed by atoms with Crippen molar-refractivity contribution in [2.45, 2.75) is 70.0 Å². The highest BCUT2D eigenvalue weighted by Crippen LogP contribution is 2.30. The number of nitrogens with one attached hydrogen (secondary N) is 1. The Morgan fingerprint density at radius 1 is 1.00 bits per heavy atom. The summed E-state index contributed by atoms with van der Waals surface area (Å²) >= 11 is 0. The van der Waals surface area contributed by atoms with Crippen molar-refractivity contribution >= 4 is 27.7 Å². The van der Waals surface area contributed by atoms with Gasteiger partial charge < -0.3 is 10.2 Å². The zero-order valence-electron chi connectivity index (χ0n) is 20.4. The summed E-state index contributed by atoms with van der Waals surface area (Å²) in [6.07, 6.45) is 1.38. The lowest BCUT2D eigenvalue weighted by Gasteiger charge is -2.31. The smallest absolute Gasteiger partial charge is 0.269 e. The Hall–Kier alpha value is -3.20. The van der Waals surface area contributed by atoms with Gasteiger partial charge in [0.2, 0.25) is 11.8 Å². The molecule has 0 aromatic heterocycles. The van der Waals surface area contributed by atoms with Crippen molar-refractivity contribution in [3.8, 4) is 0 Å². The molecule has 0 aliphatic carbocycles. The third kappa shape index (κ3) is 5.90. The van der Waals surface area contributed by atoms with Crippen LogP contribution in [-0.4, -0.2) is 54.0 Å². The number of hydrogen-bond donors (Lipinski definition) is 1. The van der Waals surface area contributed by atoms with Crippen molar-refractivity contribution in [2.75, 3.05) is 6.54 Å². The Morgan fingerprint density at radius 3 is 2.29 bits per heavy atom. The number of sulfonamides is 1. The summed E-state index contributed by atoms with van der Waals surface area (Å²) < 4.78 is 26.4. The Kier molecular flexibility index (Phi) is 8.67. The molecule has 2 aromatic carbocycles. The molecule has 3 amide bonds. The summed E-state index contributed by atoms with van der Waals surface area (Å²) in [5.41, 5.74) is 1.04. The topological polar surface area (TPSA) is 104 Å². The second-order valence-corrected chi connectivity index (χ2v) is 10.6. The first-order valence-corrected chi connectivity index (χ1v) is 13.4. The first kappa shape index (κ1) is 26.4. The van der Waals surface area contributed by atoms with Crippen LogP contribution in [0.15, 0.2) is 59.5 Å². The summed E-state index contributed by atoms with van der Waals surface area (Å²) in [7, 11) is -3.92. The Labute approximate surface area is 207 Å². The molecule has 1 N–H and O–H groups in total. The van der Waals surface area contributed by atoms with Crippen molar-refractivity contribution in [3.63, 3.8) is 0 Å². The molecule has 1 heterocycles. The molecule has 2 aromatic rings. The van der Waals surface area contributed by atoms with Gasteiger partial charge >= 0.3 is 0 Å². The Bertz CT molecular complexity index is 1170. The van der Waals surface area contributed by atoms with E-state index >= 15 is 0 Å². The molecular weight excluding hydrogens is 466 g/mol. The van der Waals surface area contributed by atoms with Gasteiger partial charge in [-0.15, -0.1) is 0 Å². The number of nitrogens with zero attached hydrogens (tertiary/aromatic N) is 2. The van der Waals surface area contributed by atoms with Crippen molar-refractivity contribution in [3.05, 3.63) is 65.7 Å². The maximum Gasteiger partial charge on any atom is 0.269 e. The molecule has 0 fully saturated rings. The summed E-state index contributed by atoms with van der Waals surface area (Å²) in [6, 6.07) is 14.9. The zero-order chi connectivity index (χ0) is 25.6. The molecule has 35 heavy (non-hydrogen) atoms. The summed E-state index contributed by atoms with van der Waals surface area (Å²) in [5.74, 6) is -1.05. The van der Waals surface area contributed by atoms with Gasteiger partial charge in [0.25, 0.3) is 15.9 Å². The number of benzene rings is 2. The molecular formula is C26H33N3O5S. The molecule has 0 saturated heterocycles. The van der Waals surface area contributed by atoms with Crippen LogP contribution in [-0.2, 0) is 26.2 Å². The molecule has 8 nitrogen and oxygen atoms in total. The van der Waals surface area contributed by atoms with E-state index in [-0.39, 0.29) is 54.2 Å². The molecule has 1 aliphatic heterocycles. The third-order valence-electron chi connectivity index (χ3n) is 6.25. The predicted octanol–water partition coefficient (Wildman–Crippen LogP) is 3.33. The molecule has 1 aliphatic rings. The largest absolute Gasteiger partial charge is 0.352 e. The van der Waals surface area contributed by atoms with E-state index in [1.165, 1.54) is 12.1 Å². The maximum absolute atomic E-state index is 13.3. The van der Waals surface area contributed by atoms with Crippen molar-refractivity contribution in [1.29, 1.82) is 0 Å². The van der Waals surface area contributed by atoms with Gasteiger partial charge in [-0.3, -0.25) is 14.4 Å². The first-order valence-electron chi connectivity index (χ1n) is 12.0. The van der Waals surface area contributed by atoms with E-state index in [4.69, 9.17) is 0 Å². The number of fused-ring (bicyclic) bond motifs is 1. The lowest BCUT2D eigenvalue weighted by Crippen LogP contribution is -2.50. The highest BCUT2D eigenvalue weighted by molar-refractivity contribution is 7.90. The van der Waals surface area contributed by atoms with Gasteiger partial charge in [0.05, 0.1) is 5.56 Å². The van der Waals surface area contributed by atoms with Gasteiger partial charge in [-0.1, -0.05) is 56.3 Å². The molecule has 3 rings (SSSR count). The van der Waals surface area contributed by atoms with E-state index in [0.29, 0.717) is 6.42 Å². The Balaban J connectivity index is 1.73. The van der Waals surface area contributed by atoms with Gasteiger partial charge in [-0.2, -0.15) is 0 Å². The van der Waals surface area contributed by atoms with Gasteiger partial charge in [-0.05, 0) is 43.9 Å². The first-order chi connectivity index (χ1) is 16.7. The van der Waals surface area contributed by atoms with Gasteiger partial charge in [0.15, 0.2) is 0 Å². The second-order valence-electron chi connectivity index (χ2n) is 8.73.